The van der Waals surface area contributed by atoms with E-state index in [1.165, 1.54) is 23.1 Å². The lowest BCUT2D eigenvalue weighted by Gasteiger charge is -2.03. The lowest BCUT2D eigenvalue weighted by molar-refractivity contribution is -0.115. The van der Waals surface area contributed by atoms with Crippen molar-refractivity contribution in [3.8, 4) is 5.75 Å². The summed E-state index contributed by atoms with van der Waals surface area (Å²) in [6, 6.07) is 10.4. The van der Waals surface area contributed by atoms with Crippen molar-refractivity contribution < 1.29 is 14.3 Å². The Labute approximate surface area is 140 Å². The normalized spacial score (nSPS) is 15.9. The van der Waals surface area contributed by atoms with Gasteiger partial charge < -0.3 is 10.1 Å². The molecule has 22 heavy (non-hydrogen) atoms. The van der Waals surface area contributed by atoms with Gasteiger partial charge in [-0.25, -0.2) is 4.79 Å². The molecule has 0 atom stereocenters. The molecule has 110 valence electrons. The molecule has 1 aliphatic heterocycles. The van der Waals surface area contributed by atoms with Crippen LogP contribution in [0.3, 0.4) is 0 Å². The zero-order chi connectivity index (χ0) is 15.5. The quantitative estimate of drug-likeness (QED) is 0.399. The number of carbonyl (C=O) groups is 2. The maximum atomic E-state index is 11.8. The Kier molecular flexibility index (Phi) is 4.37. The molecule has 1 amide bonds. The number of benzene rings is 1. The number of thioether (sulfide) groups is 1. The van der Waals surface area contributed by atoms with Gasteiger partial charge in [-0.1, -0.05) is 42.2 Å². The van der Waals surface area contributed by atoms with Crippen LogP contribution in [0.15, 0.2) is 46.7 Å². The molecule has 0 spiro atoms. The van der Waals surface area contributed by atoms with E-state index in [1.807, 2.05) is 5.38 Å². The first kappa shape index (κ1) is 15.0. The van der Waals surface area contributed by atoms with Gasteiger partial charge in [-0.05, 0) is 35.2 Å². The van der Waals surface area contributed by atoms with Gasteiger partial charge in [0.2, 0.25) is 0 Å². The highest BCUT2D eigenvalue weighted by molar-refractivity contribution is 8.26. The van der Waals surface area contributed by atoms with Gasteiger partial charge in [0.05, 0.1) is 4.91 Å². The van der Waals surface area contributed by atoms with Crippen molar-refractivity contribution >= 4 is 57.6 Å². The Morgan fingerprint density at radius 1 is 1.23 bits per heavy atom. The molecule has 0 unspecified atom stereocenters. The molecule has 0 bridgehead atoms. The molecule has 0 aliphatic carbocycles. The second kappa shape index (κ2) is 6.43. The predicted molar refractivity (Wildman–Crippen MR) is 92.0 cm³/mol. The summed E-state index contributed by atoms with van der Waals surface area (Å²) in [7, 11) is 0. The van der Waals surface area contributed by atoms with Crippen LogP contribution in [0.25, 0.3) is 6.08 Å². The van der Waals surface area contributed by atoms with Crippen LogP contribution in [0.5, 0.6) is 5.75 Å². The number of hydrogen-bond donors (Lipinski definition) is 1. The zero-order valence-electron chi connectivity index (χ0n) is 11.1. The van der Waals surface area contributed by atoms with Crippen molar-refractivity contribution in [2.45, 2.75) is 0 Å². The van der Waals surface area contributed by atoms with Crippen molar-refractivity contribution in [3.05, 3.63) is 57.1 Å². The van der Waals surface area contributed by atoms with Crippen LogP contribution in [0.2, 0.25) is 0 Å². The van der Waals surface area contributed by atoms with Crippen LogP contribution in [0.4, 0.5) is 0 Å². The minimum atomic E-state index is -0.378. The molecule has 4 nitrogen and oxygen atoms in total. The number of thiocarbonyl (C=S) groups is 1. The van der Waals surface area contributed by atoms with E-state index in [-0.39, 0.29) is 11.9 Å². The van der Waals surface area contributed by atoms with Gasteiger partial charge in [-0.3, -0.25) is 4.79 Å². The third kappa shape index (κ3) is 3.44. The number of rotatable bonds is 3. The van der Waals surface area contributed by atoms with E-state index in [0.717, 1.165) is 5.56 Å². The van der Waals surface area contributed by atoms with E-state index < -0.39 is 0 Å². The molecule has 1 fully saturated rings. The second-order valence-corrected chi connectivity index (χ2v) is 6.95. The lowest BCUT2D eigenvalue weighted by atomic mass is 10.2. The Morgan fingerprint density at radius 3 is 2.59 bits per heavy atom. The fourth-order valence-electron chi connectivity index (χ4n) is 1.76. The van der Waals surface area contributed by atoms with Crippen LogP contribution < -0.4 is 10.1 Å². The number of hydrogen-bond acceptors (Lipinski definition) is 6. The average molecular weight is 347 g/mol. The van der Waals surface area contributed by atoms with Gasteiger partial charge in [0, 0.05) is 0 Å². The first-order valence-electron chi connectivity index (χ1n) is 6.22. The predicted octanol–water partition coefficient (Wildman–Crippen LogP) is 3.46. The standard InChI is InChI=1S/C15H9NO3S3/c17-13-12(22-15(20)16-13)8-9-3-5-10(6-4-9)19-14(18)11-2-1-7-21-11/h1-8H,(H,16,17,20)/b12-8-. The molecule has 1 N–H and O–H groups in total. The van der Waals surface area contributed by atoms with Crippen molar-refractivity contribution in [2.75, 3.05) is 0 Å². The number of thiophene rings is 1. The van der Waals surface area contributed by atoms with E-state index >= 15 is 0 Å². The summed E-state index contributed by atoms with van der Waals surface area (Å²) < 4.78 is 5.72. The summed E-state index contributed by atoms with van der Waals surface area (Å²) in [6.07, 6.45) is 1.74. The average Bonchev–Trinajstić information content (AvgIpc) is 3.12. The monoisotopic (exact) mass is 347 g/mol. The summed E-state index contributed by atoms with van der Waals surface area (Å²) in [5, 5.41) is 4.38. The topological polar surface area (TPSA) is 55.4 Å². The van der Waals surface area contributed by atoms with E-state index in [4.69, 9.17) is 17.0 Å². The number of esters is 1. The van der Waals surface area contributed by atoms with Gasteiger partial charge in [0.1, 0.15) is 14.9 Å². The minimum absolute atomic E-state index is 0.191. The first-order chi connectivity index (χ1) is 10.6. The fraction of sp³-hybridized carbons (Fsp3) is 0. The molecule has 0 saturated carbocycles. The van der Waals surface area contributed by atoms with Gasteiger partial charge >= 0.3 is 5.97 Å². The Hall–Kier alpha value is -1.96. The highest BCUT2D eigenvalue weighted by Gasteiger charge is 2.21. The minimum Gasteiger partial charge on any atom is -0.422 e. The molecule has 2 aromatic rings. The second-order valence-electron chi connectivity index (χ2n) is 4.29. The molecule has 7 heteroatoms. The zero-order valence-corrected chi connectivity index (χ0v) is 13.5. The van der Waals surface area contributed by atoms with E-state index in [2.05, 4.69) is 5.32 Å². The van der Waals surface area contributed by atoms with Crippen LogP contribution in [-0.4, -0.2) is 16.2 Å². The van der Waals surface area contributed by atoms with E-state index in [1.54, 1.807) is 42.5 Å². The first-order valence-corrected chi connectivity index (χ1v) is 8.33. The Bertz CT molecular complexity index is 764. The fourth-order valence-corrected chi connectivity index (χ4v) is 3.40. The molecular weight excluding hydrogens is 338 g/mol. The third-order valence-electron chi connectivity index (χ3n) is 2.75. The number of ether oxygens (including phenoxy) is 1. The van der Waals surface area contributed by atoms with Crippen LogP contribution in [0.1, 0.15) is 15.2 Å². The third-order valence-corrected chi connectivity index (χ3v) is 4.77. The lowest BCUT2D eigenvalue weighted by Crippen LogP contribution is -2.17. The smallest absolute Gasteiger partial charge is 0.353 e. The van der Waals surface area contributed by atoms with Gasteiger partial charge in [0.15, 0.2) is 0 Å². The molecular formula is C15H9NO3S3. The molecule has 2 heterocycles. The molecule has 1 saturated heterocycles. The SMILES string of the molecule is O=C1NC(=S)S/C1=C\c1ccc(OC(=O)c2cccs2)cc1. The summed E-state index contributed by atoms with van der Waals surface area (Å²) in [5.41, 5.74) is 0.832. The van der Waals surface area contributed by atoms with Crippen LogP contribution >= 0.6 is 35.3 Å². The molecule has 1 aromatic carbocycles. The number of nitrogens with one attached hydrogen (secondary N) is 1. The van der Waals surface area contributed by atoms with Crippen LogP contribution in [-0.2, 0) is 4.79 Å². The molecule has 0 radical (unpaired) electrons. The highest BCUT2D eigenvalue weighted by Crippen LogP contribution is 2.26. The van der Waals surface area contributed by atoms with Crippen molar-refractivity contribution in [1.82, 2.24) is 5.32 Å². The number of carbonyl (C=O) groups excluding carboxylic acids is 2. The molecule has 1 aromatic heterocycles. The largest absolute Gasteiger partial charge is 0.422 e. The Balaban J connectivity index is 1.71. The van der Waals surface area contributed by atoms with Gasteiger partial charge in [0.25, 0.3) is 5.91 Å². The highest BCUT2D eigenvalue weighted by atomic mass is 32.2. The summed E-state index contributed by atoms with van der Waals surface area (Å²) >= 11 is 7.49. The Morgan fingerprint density at radius 2 is 2.00 bits per heavy atom. The van der Waals surface area contributed by atoms with Crippen molar-refractivity contribution in [1.29, 1.82) is 0 Å². The van der Waals surface area contributed by atoms with Crippen molar-refractivity contribution in [3.63, 3.8) is 0 Å². The summed E-state index contributed by atoms with van der Waals surface area (Å²) in [6.45, 7) is 0. The van der Waals surface area contributed by atoms with E-state index in [0.29, 0.717) is 19.9 Å². The van der Waals surface area contributed by atoms with Gasteiger partial charge in [-0.2, -0.15) is 0 Å². The molecule has 3 rings (SSSR count). The maximum Gasteiger partial charge on any atom is 0.353 e. The summed E-state index contributed by atoms with van der Waals surface area (Å²) in [4.78, 5) is 24.5. The maximum absolute atomic E-state index is 11.8. The van der Waals surface area contributed by atoms with Gasteiger partial charge in [-0.15, -0.1) is 11.3 Å². The van der Waals surface area contributed by atoms with Crippen LogP contribution in [0, 0.1) is 0 Å². The molecule has 1 aliphatic rings. The van der Waals surface area contributed by atoms with E-state index in [9.17, 15) is 9.59 Å². The summed E-state index contributed by atoms with van der Waals surface area (Å²) in [5.74, 6) is -0.111. The number of amides is 1. The van der Waals surface area contributed by atoms with Crippen molar-refractivity contribution in [2.24, 2.45) is 0 Å².